The third-order valence-electron chi connectivity index (χ3n) is 3.15. The number of carbonyl (C=O) groups is 1. The lowest BCUT2D eigenvalue weighted by molar-refractivity contribution is -0.130. The van der Waals surface area contributed by atoms with Gasteiger partial charge in [-0.2, -0.15) is 0 Å². The van der Waals surface area contributed by atoms with E-state index in [9.17, 15) is 4.79 Å². The van der Waals surface area contributed by atoms with E-state index in [1.54, 1.807) is 19.0 Å². The van der Waals surface area contributed by atoms with Crippen LogP contribution in [-0.4, -0.2) is 54.4 Å². The number of pyridine rings is 1. The number of hydrogen-bond donors (Lipinski definition) is 1. The van der Waals surface area contributed by atoms with Gasteiger partial charge in [0, 0.05) is 27.2 Å². The molecule has 21 heavy (non-hydrogen) atoms. The van der Waals surface area contributed by atoms with Gasteiger partial charge in [0.1, 0.15) is 5.82 Å². The molecule has 0 bridgehead atoms. The van der Waals surface area contributed by atoms with Crippen molar-refractivity contribution in [3.05, 3.63) is 22.8 Å². The predicted octanol–water partition coefficient (Wildman–Crippen LogP) is 2.47. The molecule has 5 nitrogen and oxygen atoms in total. The molecule has 1 aromatic rings. The molecule has 0 radical (unpaired) electrons. The number of likely N-dealkylation sites (N-methyl/N-ethyl adjacent to an activating group) is 2. The Morgan fingerprint density at radius 3 is 2.62 bits per heavy atom. The number of rotatable bonds is 8. The van der Waals surface area contributed by atoms with Gasteiger partial charge in [-0.3, -0.25) is 9.69 Å². The van der Waals surface area contributed by atoms with Crippen LogP contribution >= 0.6 is 11.6 Å². The van der Waals surface area contributed by atoms with E-state index in [4.69, 9.17) is 11.6 Å². The first-order valence-corrected chi connectivity index (χ1v) is 7.67. The maximum atomic E-state index is 11.8. The highest BCUT2D eigenvalue weighted by molar-refractivity contribution is 6.31. The topological polar surface area (TPSA) is 48.5 Å². The second-order valence-corrected chi connectivity index (χ2v) is 5.55. The Balaban J connectivity index is 2.76. The van der Waals surface area contributed by atoms with Gasteiger partial charge in [0.25, 0.3) is 0 Å². The summed E-state index contributed by atoms with van der Waals surface area (Å²) in [5, 5.41) is 3.88. The predicted molar refractivity (Wildman–Crippen MR) is 87.7 cm³/mol. The van der Waals surface area contributed by atoms with Crippen LogP contribution in [0.25, 0.3) is 0 Å². The maximum Gasteiger partial charge on any atom is 0.236 e. The van der Waals surface area contributed by atoms with E-state index in [0.717, 1.165) is 31.0 Å². The molecule has 6 heteroatoms. The molecule has 1 N–H and O–H groups in total. The van der Waals surface area contributed by atoms with Gasteiger partial charge >= 0.3 is 0 Å². The summed E-state index contributed by atoms with van der Waals surface area (Å²) in [4.78, 5) is 20.0. The third kappa shape index (κ3) is 5.89. The summed E-state index contributed by atoms with van der Waals surface area (Å²) >= 11 is 6.22. The molecule has 0 atom stereocenters. The van der Waals surface area contributed by atoms with Gasteiger partial charge in [-0.25, -0.2) is 4.98 Å². The summed E-state index contributed by atoms with van der Waals surface area (Å²) in [5.74, 6) is 0.902. The average molecular weight is 313 g/mol. The number of nitrogens with zero attached hydrogens (tertiary/aromatic N) is 3. The average Bonchev–Trinajstić information content (AvgIpc) is 2.46. The minimum Gasteiger partial charge on any atom is -0.370 e. The van der Waals surface area contributed by atoms with Gasteiger partial charge in [0.2, 0.25) is 5.91 Å². The van der Waals surface area contributed by atoms with Crippen molar-refractivity contribution in [2.45, 2.75) is 26.8 Å². The molecule has 1 aromatic heterocycles. The van der Waals surface area contributed by atoms with Crippen molar-refractivity contribution in [1.29, 1.82) is 0 Å². The lowest BCUT2D eigenvalue weighted by Gasteiger charge is -2.22. The van der Waals surface area contributed by atoms with E-state index >= 15 is 0 Å². The SMILES string of the molecule is CCCNc1ccc(Cl)c(CN(CC)CC(=O)N(C)C)n1. The first kappa shape index (κ1) is 17.7. The fourth-order valence-corrected chi connectivity index (χ4v) is 1.94. The lowest BCUT2D eigenvalue weighted by Crippen LogP contribution is -2.36. The van der Waals surface area contributed by atoms with Gasteiger partial charge in [0.05, 0.1) is 17.3 Å². The van der Waals surface area contributed by atoms with Crippen LogP contribution in [0.2, 0.25) is 5.02 Å². The van der Waals surface area contributed by atoms with Crippen LogP contribution < -0.4 is 5.32 Å². The molecule has 0 fully saturated rings. The van der Waals surface area contributed by atoms with Crippen molar-refractivity contribution in [2.24, 2.45) is 0 Å². The van der Waals surface area contributed by atoms with Crippen LogP contribution in [0.1, 0.15) is 26.0 Å². The molecule has 0 saturated heterocycles. The summed E-state index contributed by atoms with van der Waals surface area (Å²) in [6.45, 7) is 6.71. The highest BCUT2D eigenvalue weighted by Gasteiger charge is 2.14. The minimum atomic E-state index is 0.0771. The second kappa shape index (κ2) is 8.85. The van der Waals surface area contributed by atoms with E-state index in [0.29, 0.717) is 18.1 Å². The van der Waals surface area contributed by atoms with Gasteiger partial charge in [-0.05, 0) is 25.1 Å². The van der Waals surface area contributed by atoms with Crippen LogP contribution in [0.4, 0.5) is 5.82 Å². The molecule has 118 valence electrons. The monoisotopic (exact) mass is 312 g/mol. The van der Waals surface area contributed by atoms with Gasteiger partial charge < -0.3 is 10.2 Å². The molecule has 0 aliphatic rings. The first-order chi connectivity index (χ1) is 9.97. The van der Waals surface area contributed by atoms with Crippen LogP contribution in [0.15, 0.2) is 12.1 Å². The second-order valence-electron chi connectivity index (χ2n) is 5.14. The fourth-order valence-electron chi connectivity index (χ4n) is 1.77. The van der Waals surface area contributed by atoms with Crippen molar-refractivity contribution in [2.75, 3.05) is 39.0 Å². The standard InChI is InChI=1S/C15H25ClN4O/c1-5-9-17-14-8-7-12(16)13(18-14)10-20(6-2)11-15(21)19(3)4/h7-8H,5-6,9-11H2,1-4H3,(H,17,18). The molecule has 1 rings (SSSR count). The molecule has 0 aliphatic carbocycles. The Morgan fingerprint density at radius 1 is 1.33 bits per heavy atom. The Morgan fingerprint density at radius 2 is 2.05 bits per heavy atom. The van der Waals surface area contributed by atoms with Crippen LogP contribution in [0.3, 0.4) is 0 Å². The molecular formula is C15H25ClN4O. The zero-order valence-electron chi connectivity index (χ0n) is 13.3. The van der Waals surface area contributed by atoms with E-state index in [1.807, 2.05) is 24.0 Å². The molecule has 0 aliphatic heterocycles. The smallest absolute Gasteiger partial charge is 0.236 e. The molecular weight excluding hydrogens is 288 g/mol. The number of amides is 1. The number of aromatic nitrogens is 1. The number of anilines is 1. The molecule has 0 unspecified atom stereocenters. The largest absolute Gasteiger partial charge is 0.370 e. The Hall–Kier alpha value is -1.33. The van der Waals surface area contributed by atoms with Crippen molar-refractivity contribution in [3.63, 3.8) is 0 Å². The third-order valence-corrected chi connectivity index (χ3v) is 3.50. The molecule has 1 amide bonds. The number of carbonyl (C=O) groups excluding carboxylic acids is 1. The molecule has 0 aromatic carbocycles. The van der Waals surface area contributed by atoms with Crippen molar-refractivity contribution >= 4 is 23.3 Å². The summed E-state index contributed by atoms with van der Waals surface area (Å²) in [7, 11) is 3.52. The zero-order chi connectivity index (χ0) is 15.8. The summed E-state index contributed by atoms with van der Waals surface area (Å²) < 4.78 is 0. The number of halogens is 1. The van der Waals surface area contributed by atoms with E-state index < -0.39 is 0 Å². The fraction of sp³-hybridized carbons (Fsp3) is 0.600. The lowest BCUT2D eigenvalue weighted by atomic mass is 10.3. The first-order valence-electron chi connectivity index (χ1n) is 7.29. The normalized spacial score (nSPS) is 10.8. The van der Waals surface area contributed by atoms with Crippen LogP contribution in [0.5, 0.6) is 0 Å². The van der Waals surface area contributed by atoms with E-state index in [-0.39, 0.29) is 5.91 Å². The van der Waals surface area contributed by atoms with Gasteiger partial charge in [-0.15, -0.1) is 0 Å². The Bertz CT molecular complexity index is 465. The Kier molecular flexibility index (Phi) is 7.47. The van der Waals surface area contributed by atoms with E-state index in [2.05, 4.69) is 17.2 Å². The minimum absolute atomic E-state index is 0.0771. The van der Waals surface area contributed by atoms with Crippen LogP contribution in [0, 0.1) is 0 Å². The highest BCUT2D eigenvalue weighted by Crippen LogP contribution is 2.18. The van der Waals surface area contributed by atoms with Crippen molar-refractivity contribution in [3.8, 4) is 0 Å². The van der Waals surface area contributed by atoms with Gasteiger partial charge in [-0.1, -0.05) is 25.4 Å². The zero-order valence-corrected chi connectivity index (χ0v) is 14.1. The number of hydrogen-bond acceptors (Lipinski definition) is 4. The van der Waals surface area contributed by atoms with Crippen molar-refractivity contribution < 1.29 is 4.79 Å². The van der Waals surface area contributed by atoms with Crippen LogP contribution in [-0.2, 0) is 11.3 Å². The molecule has 0 spiro atoms. The maximum absolute atomic E-state index is 11.8. The van der Waals surface area contributed by atoms with Crippen molar-refractivity contribution in [1.82, 2.24) is 14.8 Å². The Labute approximate surface area is 132 Å². The summed E-state index contributed by atoms with van der Waals surface area (Å²) in [5.41, 5.74) is 0.797. The molecule has 0 saturated carbocycles. The summed E-state index contributed by atoms with van der Waals surface area (Å²) in [6, 6.07) is 3.73. The summed E-state index contributed by atoms with van der Waals surface area (Å²) in [6.07, 6.45) is 1.04. The quantitative estimate of drug-likeness (QED) is 0.801. The number of nitrogens with one attached hydrogen (secondary N) is 1. The highest BCUT2D eigenvalue weighted by atomic mass is 35.5. The molecule has 1 heterocycles. The van der Waals surface area contributed by atoms with E-state index in [1.165, 1.54) is 0 Å². The van der Waals surface area contributed by atoms with Gasteiger partial charge in [0.15, 0.2) is 0 Å².